The molecule has 2 rings (SSSR count). The van der Waals surface area contributed by atoms with E-state index in [2.05, 4.69) is 21.2 Å². The zero-order valence-electron chi connectivity index (χ0n) is 9.17. The van der Waals surface area contributed by atoms with Gasteiger partial charge in [0.15, 0.2) is 0 Å². The molecule has 0 amide bonds. The third-order valence-electron chi connectivity index (χ3n) is 3.28. The molecule has 16 heavy (non-hydrogen) atoms. The molecule has 0 heterocycles. The standard InChI is InChI=1S/C12H17BrN2O/c13-9-3-4-11(10(14)7-9)15-12(8-16)5-1-2-6-12/h3-4,7,15-16H,1-2,5-6,8,14H2. The van der Waals surface area contributed by atoms with E-state index in [0.29, 0.717) is 5.69 Å². The molecule has 1 saturated carbocycles. The summed E-state index contributed by atoms with van der Waals surface area (Å²) in [6.45, 7) is 0.169. The number of hydrogen-bond acceptors (Lipinski definition) is 3. The normalized spacial score (nSPS) is 18.6. The number of nitrogen functional groups attached to an aromatic ring is 1. The largest absolute Gasteiger partial charge is 0.397 e. The van der Waals surface area contributed by atoms with Gasteiger partial charge in [-0.2, -0.15) is 0 Å². The van der Waals surface area contributed by atoms with Gasteiger partial charge in [0.05, 0.1) is 23.5 Å². The van der Waals surface area contributed by atoms with Gasteiger partial charge in [0.25, 0.3) is 0 Å². The Morgan fingerprint density at radius 1 is 1.38 bits per heavy atom. The fraction of sp³-hybridized carbons (Fsp3) is 0.500. The molecule has 0 atom stereocenters. The molecule has 4 N–H and O–H groups in total. The lowest BCUT2D eigenvalue weighted by molar-refractivity contribution is 0.214. The molecule has 0 aliphatic heterocycles. The predicted octanol–water partition coefficient (Wildman–Crippen LogP) is 2.75. The Morgan fingerprint density at radius 2 is 2.06 bits per heavy atom. The summed E-state index contributed by atoms with van der Waals surface area (Å²) in [5.41, 5.74) is 7.41. The summed E-state index contributed by atoms with van der Waals surface area (Å²) in [7, 11) is 0. The van der Waals surface area contributed by atoms with Crippen LogP contribution in [-0.2, 0) is 0 Å². The van der Waals surface area contributed by atoms with E-state index in [4.69, 9.17) is 5.73 Å². The second kappa shape index (κ2) is 4.63. The SMILES string of the molecule is Nc1cc(Br)ccc1NC1(CO)CCCC1. The van der Waals surface area contributed by atoms with Gasteiger partial charge in [0, 0.05) is 4.47 Å². The summed E-state index contributed by atoms with van der Waals surface area (Å²) in [4.78, 5) is 0. The Labute approximate surface area is 104 Å². The number of halogens is 1. The molecule has 1 aromatic carbocycles. The molecule has 3 nitrogen and oxygen atoms in total. The molecule has 88 valence electrons. The third-order valence-corrected chi connectivity index (χ3v) is 3.77. The van der Waals surface area contributed by atoms with Gasteiger partial charge < -0.3 is 16.2 Å². The lowest BCUT2D eigenvalue weighted by atomic mass is 9.98. The highest BCUT2D eigenvalue weighted by atomic mass is 79.9. The molecule has 0 saturated heterocycles. The van der Waals surface area contributed by atoms with Crippen LogP contribution in [0.4, 0.5) is 11.4 Å². The molecular weight excluding hydrogens is 268 g/mol. The fourth-order valence-corrected chi connectivity index (χ4v) is 2.69. The molecule has 0 aromatic heterocycles. The summed E-state index contributed by atoms with van der Waals surface area (Å²) in [5, 5.41) is 12.9. The molecule has 1 fully saturated rings. The van der Waals surface area contributed by atoms with E-state index in [1.165, 1.54) is 12.8 Å². The van der Waals surface area contributed by atoms with Crippen molar-refractivity contribution in [2.45, 2.75) is 31.2 Å². The Morgan fingerprint density at radius 3 is 2.62 bits per heavy atom. The predicted molar refractivity (Wildman–Crippen MR) is 70.5 cm³/mol. The minimum absolute atomic E-state index is 0.165. The quantitative estimate of drug-likeness (QED) is 0.748. The summed E-state index contributed by atoms with van der Waals surface area (Å²) < 4.78 is 0.972. The average molecular weight is 285 g/mol. The van der Waals surface area contributed by atoms with Crippen LogP contribution in [0.3, 0.4) is 0 Å². The van der Waals surface area contributed by atoms with Crippen LogP contribution in [-0.4, -0.2) is 17.3 Å². The van der Waals surface area contributed by atoms with Crippen molar-refractivity contribution in [3.8, 4) is 0 Å². The maximum absolute atomic E-state index is 9.51. The first-order valence-electron chi connectivity index (χ1n) is 5.59. The number of aliphatic hydroxyl groups is 1. The zero-order valence-corrected chi connectivity index (χ0v) is 10.8. The Balaban J connectivity index is 2.19. The van der Waals surface area contributed by atoms with E-state index < -0.39 is 0 Å². The van der Waals surface area contributed by atoms with Crippen LogP contribution in [0, 0.1) is 0 Å². The highest BCUT2D eigenvalue weighted by Crippen LogP contribution is 2.35. The van der Waals surface area contributed by atoms with E-state index >= 15 is 0 Å². The van der Waals surface area contributed by atoms with Crippen molar-refractivity contribution < 1.29 is 5.11 Å². The molecule has 0 radical (unpaired) electrons. The fourth-order valence-electron chi connectivity index (χ4n) is 2.31. The number of aliphatic hydroxyl groups excluding tert-OH is 1. The second-order valence-corrected chi connectivity index (χ2v) is 5.42. The molecule has 4 heteroatoms. The highest BCUT2D eigenvalue weighted by Gasteiger charge is 2.33. The molecule has 1 aliphatic carbocycles. The molecule has 0 unspecified atom stereocenters. The van der Waals surface area contributed by atoms with Gasteiger partial charge in [-0.25, -0.2) is 0 Å². The van der Waals surface area contributed by atoms with Crippen molar-refractivity contribution >= 4 is 27.3 Å². The maximum Gasteiger partial charge on any atom is 0.0661 e. The minimum atomic E-state index is -0.165. The van der Waals surface area contributed by atoms with Crippen LogP contribution in [0.2, 0.25) is 0 Å². The number of anilines is 2. The van der Waals surface area contributed by atoms with E-state index in [9.17, 15) is 5.11 Å². The van der Waals surface area contributed by atoms with Gasteiger partial charge in [0.2, 0.25) is 0 Å². The number of benzene rings is 1. The summed E-state index contributed by atoms with van der Waals surface area (Å²) >= 11 is 3.38. The van der Waals surface area contributed by atoms with E-state index in [1.807, 2.05) is 18.2 Å². The van der Waals surface area contributed by atoms with Gasteiger partial charge in [-0.15, -0.1) is 0 Å². The van der Waals surface area contributed by atoms with Crippen molar-refractivity contribution in [1.29, 1.82) is 0 Å². The zero-order chi connectivity index (χ0) is 11.6. The summed E-state index contributed by atoms with van der Waals surface area (Å²) in [6, 6.07) is 5.79. The van der Waals surface area contributed by atoms with Gasteiger partial charge in [-0.05, 0) is 31.0 Å². The lowest BCUT2D eigenvalue weighted by Gasteiger charge is -2.30. The number of hydrogen-bond donors (Lipinski definition) is 3. The lowest BCUT2D eigenvalue weighted by Crippen LogP contribution is -2.39. The molecule has 1 aromatic rings. The van der Waals surface area contributed by atoms with Gasteiger partial charge in [0.1, 0.15) is 0 Å². The van der Waals surface area contributed by atoms with Crippen LogP contribution in [0.1, 0.15) is 25.7 Å². The topological polar surface area (TPSA) is 58.3 Å². The van der Waals surface area contributed by atoms with Crippen LogP contribution < -0.4 is 11.1 Å². The van der Waals surface area contributed by atoms with Crippen LogP contribution >= 0.6 is 15.9 Å². The average Bonchev–Trinajstić information content (AvgIpc) is 2.72. The second-order valence-electron chi connectivity index (χ2n) is 4.50. The maximum atomic E-state index is 9.51. The molecular formula is C12H17BrN2O. The number of nitrogens with two attached hydrogens (primary N) is 1. The van der Waals surface area contributed by atoms with Crippen LogP contribution in [0.25, 0.3) is 0 Å². The van der Waals surface area contributed by atoms with Gasteiger partial charge in [-0.3, -0.25) is 0 Å². The first-order chi connectivity index (χ1) is 7.65. The van der Waals surface area contributed by atoms with Gasteiger partial charge >= 0.3 is 0 Å². The van der Waals surface area contributed by atoms with Crippen LogP contribution in [0.15, 0.2) is 22.7 Å². The summed E-state index contributed by atoms with van der Waals surface area (Å²) in [5.74, 6) is 0. The number of nitrogens with one attached hydrogen (secondary N) is 1. The minimum Gasteiger partial charge on any atom is -0.397 e. The van der Waals surface area contributed by atoms with E-state index in [-0.39, 0.29) is 12.1 Å². The Kier molecular flexibility index (Phi) is 3.40. The molecule has 1 aliphatic rings. The van der Waals surface area contributed by atoms with E-state index in [1.54, 1.807) is 0 Å². The van der Waals surface area contributed by atoms with Crippen molar-refractivity contribution in [3.05, 3.63) is 22.7 Å². The van der Waals surface area contributed by atoms with Crippen molar-refractivity contribution in [2.24, 2.45) is 0 Å². The van der Waals surface area contributed by atoms with Crippen molar-refractivity contribution in [1.82, 2.24) is 0 Å². The monoisotopic (exact) mass is 284 g/mol. The van der Waals surface area contributed by atoms with Crippen molar-refractivity contribution in [3.63, 3.8) is 0 Å². The highest BCUT2D eigenvalue weighted by molar-refractivity contribution is 9.10. The molecule has 0 bridgehead atoms. The van der Waals surface area contributed by atoms with Crippen LogP contribution in [0.5, 0.6) is 0 Å². The van der Waals surface area contributed by atoms with E-state index in [0.717, 1.165) is 23.0 Å². The first-order valence-corrected chi connectivity index (χ1v) is 6.39. The smallest absolute Gasteiger partial charge is 0.0661 e. The van der Waals surface area contributed by atoms with Crippen molar-refractivity contribution in [2.75, 3.05) is 17.7 Å². The first kappa shape index (κ1) is 11.7. The van der Waals surface area contributed by atoms with Gasteiger partial charge in [-0.1, -0.05) is 28.8 Å². The Bertz CT molecular complexity index is 375. The Hall–Kier alpha value is -0.740. The molecule has 0 spiro atoms. The summed E-state index contributed by atoms with van der Waals surface area (Å²) in [6.07, 6.45) is 4.37. The number of rotatable bonds is 3. The third kappa shape index (κ3) is 2.33.